The van der Waals surface area contributed by atoms with E-state index in [1.807, 2.05) is 30.3 Å². The molecule has 0 aliphatic heterocycles. The molecule has 2 amide bonds. The molecule has 5 nitrogen and oxygen atoms in total. The van der Waals surface area contributed by atoms with Crippen molar-refractivity contribution in [3.8, 4) is 5.75 Å². The molecular weight excluding hydrogens is 254 g/mol. The van der Waals surface area contributed by atoms with Gasteiger partial charge in [0, 0.05) is 19.8 Å². The van der Waals surface area contributed by atoms with E-state index < -0.39 is 0 Å². The van der Waals surface area contributed by atoms with Crippen molar-refractivity contribution >= 4 is 11.8 Å². The molecule has 1 aromatic heterocycles. The first-order valence-corrected chi connectivity index (χ1v) is 6.25. The molecule has 1 aromatic carbocycles. The fraction of sp³-hybridized carbons (Fsp3) is 0.200. The van der Waals surface area contributed by atoms with E-state index in [1.54, 1.807) is 37.4 Å². The van der Waals surface area contributed by atoms with E-state index in [4.69, 9.17) is 4.74 Å². The second-order valence-corrected chi connectivity index (χ2v) is 4.35. The molecular formula is C15H17N3O2. The summed E-state index contributed by atoms with van der Waals surface area (Å²) in [4.78, 5) is 17.6. The molecule has 0 saturated heterocycles. The monoisotopic (exact) mass is 271 g/mol. The molecule has 0 atom stereocenters. The minimum absolute atomic E-state index is 0.195. The first kappa shape index (κ1) is 13.9. The van der Waals surface area contributed by atoms with Gasteiger partial charge in [0.1, 0.15) is 11.6 Å². The number of nitrogens with one attached hydrogen (secondary N) is 1. The molecule has 1 heterocycles. The fourth-order valence-corrected chi connectivity index (χ4v) is 1.72. The topological polar surface area (TPSA) is 54.5 Å². The van der Waals surface area contributed by atoms with Crippen LogP contribution < -0.4 is 10.1 Å². The Kier molecular flexibility index (Phi) is 4.55. The van der Waals surface area contributed by atoms with Gasteiger partial charge in [-0.2, -0.15) is 0 Å². The predicted molar refractivity (Wildman–Crippen MR) is 77.7 cm³/mol. The second kappa shape index (κ2) is 6.56. The van der Waals surface area contributed by atoms with Gasteiger partial charge in [0.2, 0.25) is 0 Å². The summed E-state index contributed by atoms with van der Waals surface area (Å²) in [6.45, 7) is 0.517. The number of nitrogens with zero attached hydrogens (tertiary/aromatic N) is 2. The average Bonchev–Trinajstić information content (AvgIpc) is 2.49. The number of anilines is 1. The number of carbonyl (C=O) groups is 1. The van der Waals surface area contributed by atoms with E-state index in [1.165, 1.54) is 0 Å². The zero-order valence-electron chi connectivity index (χ0n) is 11.5. The number of rotatable bonds is 4. The molecule has 2 rings (SSSR count). The van der Waals surface area contributed by atoms with Crippen molar-refractivity contribution < 1.29 is 9.53 Å². The Morgan fingerprint density at radius 1 is 1.25 bits per heavy atom. The molecule has 0 bridgehead atoms. The highest BCUT2D eigenvalue weighted by Crippen LogP contribution is 2.13. The number of methoxy groups -OCH3 is 1. The van der Waals surface area contributed by atoms with E-state index in [0.717, 1.165) is 11.3 Å². The van der Waals surface area contributed by atoms with E-state index in [-0.39, 0.29) is 6.03 Å². The zero-order chi connectivity index (χ0) is 14.4. The highest BCUT2D eigenvalue weighted by molar-refractivity contribution is 5.87. The number of ether oxygens (including phenoxy) is 1. The molecule has 0 unspecified atom stereocenters. The Morgan fingerprint density at radius 3 is 2.60 bits per heavy atom. The molecule has 0 spiro atoms. The van der Waals surface area contributed by atoms with Crippen LogP contribution in [0.2, 0.25) is 0 Å². The summed E-state index contributed by atoms with van der Waals surface area (Å²) in [6.07, 6.45) is 1.64. The number of aromatic nitrogens is 1. The Labute approximate surface area is 118 Å². The lowest BCUT2D eigenvalue weighted by Gasteiger charge is -2.17. The highest BCUT2D eigenvalue weighted by Gasteiger charge is 2.09. The van der Waals surface area contributed by atoms with Gasteiger partial charge in [-0.1, -0.05) is 18.2 Å². The van der Waals surface area contributed by atoms with Gasteiger partial charge in [-0.15, -0.1) is 0 Å². The van der Waals surface area contributed by atoms with Crippen LogP contribution in [0, 0.1) is 0 Å². The van der Waals surface area contributed by atoms with Gasteiger partial charge in [-0.25, -0.2) is 9.78 Å². The number of benzene rings is 1. The minimum Gasteiger partial charge on any atom is -0.497 e. The summed E-state index contributed by atoms with van der Waals surface area (Å²) < 4.78 is 5.10. The first-order valence-electron chi connectivity index (χ1n) is 6.25. The van der Waals surface area contributed by atoms with Crippen molar-refractivity contribution in [3.63, 3.8) is 0 Å². The van der Waals surface area contributed by atoms with Crippen LogP contribution in [0.1, 0.15) is 5.56 Å². The van der Waals surface area contributed by atoms with Gasteiger partial charge in [0.05, 0.1) is 7.11 Å². The van der Waals surface area contributed by atoms with E-state index in [0.29, 0.717) is 12.4 Å². The summed E-state index contributed by atoms with van der Waals surface area (Å²) in [5, 5.41) is 2.74. The first-order chi connectivity index (χ1) is 9.69. The number of pyridine rings is 1. The summed E-state index contributed by atoms with van der Waals surface area (Å²) in [6, 6.07) is 12.8. The minimum atomic E-state index is -0.195. The van der Waals surface area contributed by atoms with Crippen LogP contribution in [0.4, 0.5) is 10.6 Å². The quantitative estimate of drug-likeness (QED) is 0.930. The Balaban J connectivity index is 1.93. The van der Waals surface area contributed by atoms with Crippen LogP contribution in [0.3, 0.4) is 0 Å². The van der Waals surface area contributed by atoms with Gasteiger partial charge in [-0.3, -0.25) is 5.32 Å². The van der Waals surface area contributed by atoms with Crippen LogP contribution >= 0.6 is 0 Å². The average molecular weight is 271 g/mol. The van der Waals surface area contributed by atoms with Crippen molar-refractivity contribution in [1.82, 2.24) is 9.88 Å². The standard InChI is InChI=1S/C15H17N3O2/c1-18(11-12-6-8-13(20-2)9-7-12)15(19)17-14-5-3-4-10-16-14/h3-10H,11H2,1-2H3,(H,16,17,19). The Hall–Kier alpha value is -2.56. The summed E-state index contributed by atoms with van der Waals surface area (Å²) in [5.74, 6) is 1.34. The van der Waals surface area contributed by atoms with Gasteiger partial charge in [0.25, 0.3) is 0 Å². The number of carbonyl (C=O) groups excluding carboxylic acids is 1. The number of hydrogen-bond acceptors (Lipinski definition) is 3. The lowest BCUT2D eigenvalue weighted by molar-refractivity contribution is 0.220. The number of urea groups is 1. The zero-order valence-corrected chi connectivity index (χ0v) is 11.5. The maximum absolute atomic E-state index is 12.0. The third-order valence-electron chi connectivity index (χ3n) is 2.83. The molecule has 1 N–H and O–H groups in total. The van der Waals surface area contributed by atoms with Crippen LogP contribution in [-0.4, -0.2) is 30.1 Å². The SMILES string of the molecule is COc1ccc(CN(C)C(=O)Nc2ccccn2)cc1. The molecule has 104 valence electrons. The predicted octanol–water partition coefficient (Wildman–Crippen LogP) is 2.75. The van der Waals surface area contributed by atoms with E-state index in [2.05, 4.69) is 10.3 Å². The third-order valence-corrected chi connectivity index (χ3v) is 2.83. The van der Waals surface area contributed by atoms with Crippen LogP contribution in [-0.2, 0) is 6.54 Å². The normalized spacial score (nSPS) is 9.90. The third kappa shape index (κ3) is 3.71. The van der Waals surface area contributed by atoms with E-state index >= 15 is 0 Å². The maximum atomic E-state index is 12.0. The smallest absolute Gasteiger partial charge is 0.323 e. The van der Waals surface area contributed by atoms with Gasteiger partial charge >= 0.3 is 6.03 Å². The van der Waals surface area contributed by atoms with Gasteiger partial charge in [0.15, 0.2) is 0 Å². The summed E-state index contributed by atoms with van der Waals surface area (Å²) in [7, 11) is 3.37. The largest absolute Gasteiger partial charge is 0.497 e. The van der Waals surface area contributed by atoms with Crippen LogP contribution in [0.15, 0.2) is 48.7 Å². The summed E-state index contributed by atoms with van der Waals surface area (Å²) >= 11 is 0. The molecule has 5 heteroatoms. The molecule has 2 aromatic rings. The van der Waals surface area contributed by atoms with Crippen molar-refractivity contribution in [3.05, 3.63) is 54.2 Å². The maximum Gasteiger partial charge on any atom is 0.323 e. The lowest BCUT2D eigenvalue weighted by atomic mass is 10.2. The number of amides is 2. The Bertz CT molecular complexity index is 555. The number of hydrogen-bond donors (Lipinski definition) is 1. The lowest BCUT2D eigenvalue weighted by Crippen LogP contribution is -2.31. The summed E-state index contributed by atoms with van der Waals surface area (Å²) in [5.41, 5.74) is 1.03. The van der Waals surface area contributed by atoms with Crippen molar-refractivity contribution in [1.29, 1.82) is 0 Å². The molecule has 0 saturated carbocycles. The van der Waals surface area contributed by atoms with Crippen LogP contribution in [0.25, 0.3) is 0 Å². The van der Waals surface area contributed by atoms with Gasteiger partial charge < -0.3 is 9.64 Å². The highest BCUT2D eigenvalue weighted by atomic mass is 16.5. The molecule has 0 aliphatic rings. The fourth-order valence-electron chi connectivity index (χ4n) is 1.72. The second-order valence-electron chi connectivity index (χ2n) is 4.35. The van der Waals surface area contributed by atoms with Crippen molar-refractivity contribution in [2.24, 2.45) is 0 Å². The van der Waals surface area contributed by atoms with Gasteiger partial charge in [-0.05, 0) is 29.8 Å². The van der Waals surface area contributed by atoms with Crippen molar-refractivity contribution in [2.75, 3.05) is 19.5 Å². The van der Waals surface area contributed by atoms with Crippen LogP contribution in [0.5, 0.6) is 5.75 Å². The Morgan fingerprint density at radius 2 is 2.00 bits per heavy atom. The molecule has 0 aliphatic carbocycles. The molecule has 0 radical (unpaired) electrons. The molecule has 0 fully saturated rings. The van der Waals surface area contributed by atoms with E-state index in [9.17, 15) is 4.79 Å². The molecule has 20 heavy (non-hydrogen) atoms. The van der Waals surface area contributed by atoms with Crippen molar-refractivity contribution in [2.45, 2.75) is 6.54 Å².